The zero-order valence-electron chi connectivity index (χ0n) is 17.2. The first kappa shape index (κ1) is 24.9. The number of thioether (sulfide) groups is 2. The molecule has 176 valence electrons. The third-order valence-corrected chi connectivity index (χ3v) is 6.51. The zero-order chi connectivity index (χ0) is 24.8. The third kappa shape index (κ3) is 5.99. The number of carbonyl (C=O) groups is 6. The van der Waals surface area contributed by atoms with E-state index in [1.165, 1.54) is 42.5 Å². The second kappa shape index (κ2) is 10.9. The number of amides is 2. The van der Waals surface area contributed by atoms with E-state index in [0.29, 0.717) is 23.5 Å². The first-order valence-electron chi connectivity index (χ1n) is 9.65. The van der Waals surface area contributed by atoms with Gasteiger partial charge >= 0.3 is 11.9 Å². The van der Waals surface area contributed by atoms with E-state index in [4.69, 9.17) is 0 Å². The van der Waals surface area contributed by atoms with Gasteiger partial charge in [-0.15, -0.1) is 0 Å². The Morgan fingerprint density at radius 1 is 0.735 bits per heavy atom. The minimum absolute atomic E-state index is 0.00835. The number of aromatic nitrogens is 1. The normalized spacial score (nSPS) is 19.9. The van der Waals surface area contributed by atoms with Crippen LogP contribution in [0, 0.1) is 0 Å². The molecule has 1 aromatic heterocycles. The second-order valence-electron chi connectivity index (χ2n) is 6.88. The maximum atomic E-state index is 12.7. The first-order chi connectivity index (χ1) is 16.2. The lowest BCUT2D eigenvalue weighted by Crippen LogP contribution is -2.44. The standard InChI is InChI=1S/C21H17N3O8S2/c25-16-12-6-3-7-13(22-12)17(26)24-15(19(29)30)9-34-21(32)11-5-2-1-4-10(11)20(31)33-8-14(23-16)18(27)28/h1-7,14-15H,8-9H2,(H,23,25)(H,24,26)(H,27,28)(H,29,30)/t14-,15-/m1/s1. The number of carbonyl (C=O) groups excluding carboxylic acids is 4. The highest BCUT2D eigenvalue weighted by molar-refractivity contribution is 8.14. The molecule has 0 saturated heterocycles. The van der Waals surface area contributed by atoms with Gasteiger partial charge in [0.05, 0.1) is 0 Å². The van der Waals surface area contributed by atoms with Crippen molar-refractivity contribution in [2.24, 2.45) is 0 Å². The van der Waals surface area contributed by atoms with E-state index < -0.39 is 46.1 Å². The van der Waals surface area contributed by atoms with Gasteiger partial charge < -0.3 is 20.8 Å². The molecule has 0 radical (unpaired) electrons. The fourth-order valence-corrected chi connectivity index (χ4v) is 4.57. The monoisotopic (exact) mass is 503 g/mol. The van der Waals surface area contributed by atoms with E-state index in [2.05, 4.69) is 15.6 Å². The van der Waals surface area contributed by atoms with Crippen LogP contribution in [0.1, 0.15) is 41.7 Å². The summed E-state index contributed by atoms with van der Waals surface area (Å²) in [5, 5.41) is 22.2. The number of carboxylic acid groups (broad SMARTS) is 2. The van der Waals surface area contributed by atoms with Crippen LogP contribution in [0.2, 0.25) is 0 Å². The van der Waals surface area contributed by atoms with Crippen molar-refractivity contribution in [3.05, 3.63) is 65.0 Å². The van der Waals surface area contributed by atoms with Gasteiger partial charge in [0, 0.05) is 22.6 Å². The van der Waals surface area contributed by atoms with E-state index in [0.717, 1.165) is 0 Å². The Kier molecular flexibility index (Phi) is 8.02. The van der Waals surface area contributed by atoms with Crippen LogP contribution in [0.15, 0.2) is 42.5 Å². The summed E-state index contributed by atoms with van der Waals surface area (Å²) in [7, 11) is 0. The molecule has 0 fully saturated rings. The minimum atomic E-state index is -1.47. The van der Waals surface area contributed by atoms with Crippen LogP contribution in [-0.4, -0.2) is 72.8 Å². The first-order valence-corrected chi connectivity index (χ1v) is 11.6. The number of hydrogen-bond acceptors (Lipinski definition) is 9. The molecule has 0 spiro atoms. The Morgan fingerprint density at radius 3 is 1.53 bits per heavy atom. The Hall–Kier alpha value is -3.71. The largest absolute Gasteiger partial charge is 0.480 e. The van der Waals surface area contributed by atoms with Gasteiger partial charge in [-0.25, -0.2) is 14.6 Å². The number of fused-ring (bicyclic) bond motifs is 3. The summed E-state index contributed by atoms with van der Waals surface area (Å²) in [6, 6.07) is 6.70. The number of nitrogens with one attached hydrogen (secondary N) is 2. The highest BCUT2D eigenvalue weighted by Gasteiger charge is 2.28. The lowest BCUT2D eigenvalue weighted by Gasteiger charge is -2.14. The van der Waals surface area contributed by atoms with E-state index in [9.17, 15) is 39.0 Å². The summed E-state index contributed by atoms with van der Waals surface area (Å²) >= 11 is 1.21. The Bertz CT molecular complexity index is 1100. The highest BCUT2D eigenvalue weighted by atomic mass is 32.2. The molecule has 34 heavy (non-hydrogen) atoms. The molecule has 2 atom stereocenters. The summed E-state index contributed by atoms with van der Waals surface area (Å²) < 4.78 is 0. The molecule has 1 aromatic carbocycles. The van der Waals surface area contributed by atoms with Crippen molar-refractivity contribution in [2.45, 2.75) is 12.1 Å². The Labute approximate surface area is 200 Å². The van der Waals surface area contributed by atoms with Crippen molar-refractivity contribution in [2.75, 3.05) is 11.5 Å². The topological polar surface area (TPSA) is 180 Å². The van der Waals surface area contributed by atoms with Gasteiger partial charge in [-0.1, -0.05) is 41.7 Å². The Balaban J connectivity index is 2.00. The third-order valence-electron chi connectivity index (χ3n) is 4.55. The fraction of sp³-hybridized carbons (Fsp3) is 0.190. The number of hydrogen-bond donors (Lipinski definition) is 4. The van der Waals surface area contributed by atoms with Gasteiger partial charge in [0.25, 0.3) is 11.8 Å². The van der Waals surface area contributed by atoms with Gasteiger partial charge in [0.1, 0.15) is 23.5 Å². The quantitative estimate of drug-likeness (QED) is 0.457. The molecule has 11 nitrogen and oxygen atoms in total. The molecule has 1 aliphatic heterocycles. The summed E-state index contributed by atoms with van der Waals surface area (Å²) in [6.07, 6.45) is 0. The van der Waals surface area contributed by atoms with E-state index in [1.807, 2.05) is 0 Å². The van der Waals surface area contributed by atoms with Crippen molar-refractivity contribution in [3.63, 3.8) is 0 Å². The zero-order valence-corrected chi connectivity index (χ0v) is 18.9. The van der Waals surface area contributed by atoms with Crippen LogP contribution in [0.3, 0.4) is 0 Å². The van der Waals surface area contributed by atoms with E-state index >= 15 is 0 Å². The van der Waals surface area contributed by atoms with Crippen LogP contribution >= 0.6 is 23.5 Å². The summed E-state index contributed by atoms with van der Waals surface area (Å²) in [4.78, 5) is 77.7. The maximum absolute atomic E-state index is 12.7. The molecular weight excluding hydrogens is 486 g/mol. The average Bonchev–Trinajstić information content (AvgIpc) is 2.82. The lowest BCUT2D eigenvalue weighted by molar-refractivity contribution is -0.139. The molecule has 0 saturated carbocycles. The van der Waals surface area contributed by atoms with Crippen molar-refractivity contribution < 1.29 is 39.0 Å². The van der Waals surface area contributed by atoms with Gasteiger partial charge in [-0.2, -0.15) is 0 Å². The van der Waals surface area contributed by atoms with Crippen molar-refractivity contribution in [3.8, 4) is 0 Å². The molecule has 0 unspecified atom stereocenters. The van der Waals surface area contributed by atoms with Crippen molar-refractivity contribution in [1.29, 1.82) is 0 Å². The molecule has 2 bridgehead atoms. The number of aliphatic carboxylic acids is 2. The van der Waals surface area contributed by atoms with Crippen LogP contribution in [0.5, 0.6) is 0 Å². The molecule has 2 aromatic rings. The molecule has 2 amide bonds. The van der Waals surface area contributed by atoms with Gasteiger partial charge in [-0.05, 0) is 24.3 Å². The second-order valence-corrected chi connectivity index (χ2v) is 8.86. The summed E-state index contributed by atoms with van der Waals surface area (Å²) in [5.74, 6) is -5.27. The average molecular weight is 504 g/mol. The van der Waals surface area contributed by atoms with Gasteiger partial charge in [0.2, 0.25) is 10.2 Å². The van der Waals surface area contributed by atoms with E-state index in [-0.39, 0.29) is 34.0 Å². The molecular formula is C21H17N3O8S2. The number of carboxylic acids is 2. The van der Waals surface area contributed by atoms with Crippen LogP contribution < -0.4 is 10.6 Å². The molecule has 0 aliphatic carbocycles. The fourth-order valence-electron chi connectivity index (χ4n) is 2.81. The predicted octanol–water partition coefficient (Wildman–Crippen LogP) is 0.908. The predicted molar refractivity (Wildman–Crippen MR) is 122 cm³/mol. The SMILES string of the molecule is O=C1N[C@@H](C(=O)O)CSC(=O)c2ccccc2C(=O)SC[C@H](C(=O)O)NC(=O)c2cccc1n2. The number of nitrogens with zero attached hydrogens (tertiary/aromatic N) is 1. The van der Waals surface area contributed by atoms with Crippen molar-refractivity contribution in [1.82, 2.24) is 15.6 Å². The van der Waals surface area contributed by atoms with Gasteiger partial charge in [0.15, 0.2) is 0 Å². The van der Waals surface area contributed by atoms with Gasteiger partial charge in [-0.3, -0.25) is 19.2 Å². The molecule has 13 heteroatoms. The summed E-state index contributed by atoms with van der Waals surface area (Å²) in [5.41, 5.74) is -0.536. The van der Waals surface area contributed by atoms with E-state index in [1.54, 1.807) is 0 Å². The summed E-state index contributed by atoms with van der Waals surface area (Å²) in [6.45, 7) is 0. The molecule has 3 rings (SSSR count). The van der Waals surface area contributed by atoms with Crippen LogP contribution in [0.25, 0.3) is 0 Å². The van der Waals surface area contributed by atoms with Crippen LogP contribution in [-0.2, 0) is 9.59 Å². The Morgan fingerprint density at radius 2 is 1.15 bits per heavy atom. The molecule has 2 heterocycles. The molecule has 4 N–H and O–H groups in total. The minimum Gasteiger partial charge on any atom is -0.480 e. The smallest absolute Gasteiger partial charge is 0.327 e. The highest BCUT2D eigenvalue weighted by Crippen LogP contribution is 2.23. The number of rotatable bonds is 2. The number of benzene rings is 1. The molecule has 1 aliphatic rings. The lowest BCUT2D eigenvalue weighted by atomic mass is 10.1. The number of pyridine rings is 1. The van der Waals surface area contributed by atoms with Crippen LogP contribution in [0.4, 0.5) is 0 Å². The maximum Gasteiger partial charge on any atom is 0.327 e. The van der Waals surface area contributed by atoms with Crippen molar-refractivity contribution >= 4 is 57.5 Å².